The van der Waals surface area contributed by atoms with E-state index in [1.54, 1.807) is 6.20 Å². The van der Waals surface area contributed by atoms with Crippen LogP contribution >= 0.6 is 0 Å². The van der Waals surface area contributed by atoms with E-state index in [9.17, 15) is 4.79 Å². The van der Waals surface area contributed by atoms with Gasteiger partial charge in [0.05, 0.1) is 24.1 Å². The number of likely N-dealkylation sites (tertiary alicyclic amines) is 1. The molecule has 2 aromatic heterocycles. The summed E-state index contributed by atoms with van der Waals surface area (Å²) in [7, 11) is 0. The van der Waals surface area contributed by atoms with Gasteiger partial charge in [0.1, 0.15) is 5.76 Å². The topological polar surface area (TPSA) is 84.3 Å². The third-order valence-electron chi connectivity index (χ3n) is 5.08. The number of aromatic amines is 1. The zero-order chi connectivity index (χ0) is 16.7. The molecule has 4 rings (SSSR count). The average molecular weight is 330 g/mol. The van der Waals surface area contributed by atoms with Gasteiger partial charge in [-0.05, 0) is 26.7 Å². The molecule has 24 heavy (non-hydrogen) atoms. The summed E-state index contributed by atoms with van der Waals surface area (Å²) in [5, 5.41) is 11.1. The lowest BCUT2D eigenvalue weighted by atomic mass is 9.93. The minimum Gasteiger partial charge on any atom is -0.369 e. The first-order valence-corrected chi connectivity index (χ1v) is 8.56. The van der Waals surface area contributed by atoms with E-state index in [0.717, 1.165) is 36.3 Å². The van der Waals surface area contributed by atoms with E-state index < -0.39 is 0 Å². The maximum atomic E-state index is 12.9. The summed E-state index contributed by atoms with van der Waals surface area (Å²) in [5.41, 5.74) is 2.52. The number of amides is 1. The van der Waals surface area contributed by atoms with Crippen molar-refractivity contribution < 1.29 is 14.1 Å². The Bertz CT molecular complexity index is 716. The number of fused-ring (bicyclic) bond motifs is 1. The number of aromatic nitrogens is 3. The van der Waals surface area contributed by atoms with Gasteiger partial charge in [-0.15, -0.1) is 0 Å². The quantitative estimate of drug-likeness (QED) is 0.914. The predicted octanol–water partition coefficient (Wildman–Crippen LogP) is 2.44. The van der Waals surface area contributed by atoms with Crippen molar-refractivity contribution in [1.29, 1.82) is 0 Å². The molecule has 0 radical (unpaired) electrons. The Morgan fingerprint density at radius 3 is 2.83 bits per heavy atom. The molecule has 128 valence electrons. The van der Waals surface area contributed by atoms with E-state index in [2.05, 4.69) is 15.4 Å². The monoisotopic (exact) mass is 330 g/mol. The molecule has 0 saturated carbocycles. The standard InChI is InChI=1S/C17H22N4O3/c1-10-9-13-15(11(2)23-10)19-20-16(13)17(22)21-7-4-12(5-8-21)14-3-6-18-24-14/h3,6,10-12H,4-5,7-9H2,1-2H3,(H,19,20)/t10-,11+/m1/s1. The van der Waals surface area contributed by atoms with Gasteiger partial charge in [0.25, 0.3) is 5.91 Å². The third-order valence-corrected chi connectivity index (χ3v) is 5.08. The Balaban J connectivity index is 1.48. The predicted molar refractivity (Wildman–Crippen MR) is 85.6 cm³/mol. The molecular weight excluding hydrogens is 308 g/mol. The van der Waals surface area contributed by atoms with Crippen molar-refractivity contribution in [3.05, 3.63) is 35.0 Å². The van der Waals surface area contributed by atoms with Crippen LogP contribution in [0.3, 0.4) is 0 Å². The Kier molecular flexibility index (Phi) is 3.88. The molecule has 2 aliphatic heterocycles. The summed E-state index contributed by atoms with van der Waals surface area (Å²) in [5.74, 6) is 1.28. The molecule has 1 saturated heterocycles. The van der Waals surface area contributed by atoms with Crippen molar-refractivity contribution in [2.24, 2.45) is 0 Å². The molecular formula is C17H22N4O3. The number of piperidine rings is 1. The van der Waals surface area contributed by atoms with Crippen molar-refractivity contribution in [1.82, 2.24) is 20.3 Å². The second-order valence-electron chi connectivity index (χ2n) is 6.74. The van der Waals surface area contributed by atoms with Crippen molar-refractivity contribution in [2.45, 2.75) is 51.2 Å². The highest BCUT2D eigenvalue weighted by Crippen LogP contribution is 2.32. The van der Waals surface area contributed by atoms with Crippen molar-refractivity contribution in [3.8, 4) is 0 Å². The Labute approximate surface area is 140 Å². The molecule has 7 heteroatoms. The molecule has 0 aliphatic carbocycles. The Morgan fingerprint density at radius 2 is 2.12 bits per heavy atom. The number of nitrogens with zero attached hydrogens (tertiary/aromatic N) is 3. The van der Waals surface area contributed by atoms with Gasteiger partial charge in [0.2, 0.25) is 0 Å². The summed E-state index contributed by atoms with van der Waals surface area (Å²) in [4.78, 5) is 14.8. The number of hydrogen-bond donors (Lipinski definition) is 1. The van der Waals surface area contributed by atoms with Gasteiger partial charge in [-0.3, -0.25) is 9.89 Å². The van der Waals surface area contributed by atoms with Crippen LogP contribution in [0.5, 0.6) is 0 Å². The van der Waals surface area contributed by atoms with Crippen molar-refractivity contribution in [3.63, 3.8) is 0 Å². The lowest BCUT2D eigenvalue weighted by Gasteiger charge is -2.31. The summed E-state index contributed by atoms with van der Waals surface area (Å²) in [6.45, 7) is 5.45. The lowest BCUT2D eigenvalue weighted by molar-refractivity contribution is -0.00703. The van der Waals surface area contributed by atoms with Crippen molar-refractivity contribution >= 4 is 5.91 Å². The van der Waals surface area contributed by atoms with Crippen LogP contribution in [0.2, 0.25) is 0 Å². The molecule has 2 aromatic rings. The number of carbonyl (C=O) groups is 1. The summed E-state index contributed by atoms with van der Waals surface area (Å²) >= 11 is 0. The van der Waals surface area contributed by atoms with E-state index in [4.69, 9.17) is 9.26 Å². The number of rotatable bonds is 2. The first-order valence-electron chi connectivity index (χ1n) is 8.56. The van der Waals surface area contributed by atoms with E-state index in [0.29, 0.717) is 24.7 Å². The highest BCUT2D eigenvalue weighted by molar-refractivity contribution is 5.94. The maximum absolute atomic E-state index is 12.9. The molecule has 0 bridgehead atoms. The first kappa shape index (κ1) is 15.4. The molecule has 1 amide bonds. The van der Waals surface area contributed by atoms with E-state index in [1.165, 1.54) is 0 Å². The summed E-state index contributed by atoms with van der Waals surface area (Å²) in [6.07, 6.45) is 4.25. The summed E-state index contributed by atoms with van der Waals surface area (Å²) < 4.78 is 11.0. The minimum absolute atomic E-state index is 0.0184. The van der Waals surface area contributed by atoms with Gasteiger partial charge in [-0.1, -0.05) is 5.16 Å². The zero-order valence-corrected chi connectivity index (χ0v) is 14.0. The number of nitrogens with one attached hydrogen (secondary N) is 1. The lowest BCUT2D eigenvalue weighted by Crippen LogP contribution is -2.38. The zero-order valence-electron chi connectivity index (χ0n) is 14.0. The van der Waals surface area contributed by atoms with E-state index in [-0.39, 0.29) is 18.1 Å². The highest BCUT2D eigenvalue weighted by atomic mass is 16.5. The van der Waals surface area contributed by atoms with Gasteiger partial charge < -0.3 is 14.2 Å². The van der Waals surface area contributed by atoms with Gasteiger partial charge in [0, 0.05) is 37.1 Å². The van der Waals surface area contributed by atoms with Crippen LogP contribution in [0, 0.1) is 0 Å². The van der Waals surface area contributed by atoms with Crippen LogP contribution < -0.4 is 0 Å². The molecule has 2 atom stereocenters. The number of carbonyl (C=O) groups excluding carboxylic acids is 1. The second kappa shape index (κ2) is 6.05. The van der Waals surface area contributed by atoms with Gasteiger partial charge in [0.15, 0.2) is 5.69 Å². The number of ether oxygens (including phenoxy) is 1. The number of H-pyrrole nitrogens is 1. The summed E-state index contributed by atoms with van der Waals surface area (Å²) in [6, 6.07) is 1.91. The Hall–Kier alpha value is -2.15. The fourth-order valence-electron chi connectivity index (χ4n) is 3.80. The van der Waals surface area contributed by atoms with Crippen LogP contribution in [-0.4, -0.2) is 45.4 Å². The first-order chi connectivity index (χ1) is 11.6. The molecule has 1 N–H and O–H groups in total. The molecule has 1 fully saturated rings. The van der Waals surface area contributed by atoms with Crippen LogP contribution in [-0.2, 0) is 11.2 Å². The smallest absolute Gasteiger partial charge is 0.274 e. The van der Waals surface area contributed by atoms with Crippen LogP contribution in [0.4, 0.5) is 0 Å². The second-order valence-corrected chi connectivity index (χ2v) is 6.74. The molecule has 2 aliphatic rings. The van der Waals surface area contributed by atoms with Crippen LogP contribution in [0.15, 0.2) is 16.8 Å². The minimum atomic E-state index is -0.0463. The molecule has 0 unspecified atom stereocenters. The van der Waals surface area contributed by atoms with Gasteiger partial charge in [-0.25, -0.2) is 0 Å². The van der Waals surface area contributed by atoms with Crippen LogP contribution in [0.25, 0.3) is 0 Å². The fraction of sp³-hybridized carbons (Fsp3) is 0.588. The number of hydrogen-bond acceptors (Lipinski definition) is 5. The largest absolute Gasteiger partial charge is 0.369 e. The highest BCUT2D eigenvalue weighted by Gasteiger charge is 2.33. The molecule has 0 aromatic carbocycles. The molecule has 7 nitrogen and oxygen atoms in total. The van der Waals surface area contributed by atoms with Crippen LogP contribution in [0.1, 0.15) is 66.2 Å². The van der Waals surface area contributed by atoms with Gasteiger partial charge >= 0.3 is 0 Å². The maximum Gasteiger partial charge on any atom is 0.274 e. The SMILES string of the molecule is C[C@@H]1Cc2c(C(=O)N3CCC(c4ccno4)CC3)n[nH]c2[C@H](C)O1. The Morgan fingerprint density at radius 1 is 1.33 bits per heavy atom. The third kappa shape index (κ3) is 2.62. The van der Waals surface area contributed by atoms with E-state index in [1.807, 2.05) is 24.8 Å². The average Bonchev–Trinajstić information content (AvgIpc) is 3.24. The molecule has 0 spiro atoms. The normalized spacial score (nSPS) is 24.8. The molecule has 4 heterocycles. The van der Waals surface area contributed by atoms with E-state index >= 15 is 0 Å². The van der Waals surface area contributed by atoms with Crippen molar-refractivity contribution in [2.75, 3.05) is 13.1 Å². The fourth-order valence-corrected chi connectivity index (χ4v) is 3.80. The van der Waals surface area contributed by atoms with Gasteiger partial charge in [-0.2, -0.15) is 5.10 Å².